The van der Waals surface area contributed by atoms with E-state index in [1.165, 1.54) is 16.0 Å². The van der Waals surface area contributed by atoms with Gasteiger partial charge in [-0.25, -0.2) is 0 Å². The number of benzene rings is 1. The van der Waals surface area contributed by atoms with Crippen LogP contribution < -0.4 is 15.5 Å². The van der Waals surface area contributed by atoms with Gasteiger partial charge < -0.3 is 20.0 Å². The second kappa shape index (κ2) is 8.19. The number of fused-ring (bicyclic) bond motifs is 1. The average molecular weight is 356 g/mol. The minimum absolute atomic E-state index is 0.0332. The van der Waals surface area contributed by atoms with Gasteiger partial charge in [0.05, 0.1) is 19.4 Å². The van der Waals surface area contributed by atoms with Crippen LogP contribution in [0.4, 0.5) is 0 Å². The van der Waals surface area contributed by atoms with E-state index in [-0.39, 0.29) is 12.1 Å². The molecule has 2 aromatic rings. The zero-order chi connectivity index (χ0) is 18.5. The molecule has 3 N–H and O–H groups in total. The van der Waals surface area contributed by atoms with Gasteiger partial charge >= 0.3 is 11.8 Å². The van der Waals surface area contributed by atoms with Crippen molar-refractivity contribution in [3.63, 3.8) is 0 Å². The van der Waals surface area contributed by atoms with E-state index < -0.39 is 11.8 Å². The van der Waals surface area contributed by atoms with Crippen LogP contribution in [-0.4, -0.2) is 30.9 Å². The molecule has 1 aromatic heterocycles. The highest BCUT2D eigenvalue weighted by atomic mass is 16.3. The lowest BCUT2D eigenvalue weighted by Crippen LogP contribution is -3.12. The highest BCUT2D eigenvalue weighted by Gasteiger charge is 2.31. The first-order chi connectivity index (χ1) is 12.5. The highest BCUT2D eigenvalue weighted by molar-refractivity contribution is 6.35. The number of furan rings is 1. The van der Waals surface area contributed by atoms with Gasteiger partial charge in [0.2, 0.25) is 0 Å². The third kappa shape index (κ3) is 4.32. The van der Waals surface area contributed by atoms with Crippen molar-refractivity contribution in [2.24, 2.45) is 0 Å². The topological polar surface area (TPSA) is 75.8 Å². The predicted octanol–water partition coefficient (Wildman–Crippen LogP) is 0.603. The zero-order valence-electron chi connectivity index (χ0n) is 15.2. The van der Waals surface area contributed by atoms with Gasteiger partial charge in [-0.1, -0.05) is 24.3 Å². The average Bonchev–Trinajstić information content (AvgIpc) is 3.15. The maximum absolute atomic E-state index is 12.1. The summed E-state index contributed by atoms with van der Waals surface area (Å²) in [6.45, 7) is 5.83. The van der Waals surface area contributed by atoms with E-state index in [2.05, 4.69) is 34.9 Å². The van der Waals surface area contributed by atoms with Crippen molar-refractivity contribution in [3.8, 4) is 0 Å². The SMILES string of the molecule is CC(C)NC(=O)C(=O)NC[C@@H](c1ccco1)[NH+]1CCc2ccccc2C1. The number of carbonyl (C=O) groups is 2. The van der Waals surface area contributed by atoms with E-state index in [1.54, 1.807) is 6.26 Å². The van der Waals surface area contributed by atoms with Crippen LogP contribution in [0.1, 0.15) is 36.8 Å². The van der Waals surface area contributed by atoms with Crippen LogP contribution in [0.2, 0.25) is 0 Å². The van der Waals surface area contributed by atoms with Gasteiger partial charge in [-0.05, 0) is 31.5 Å². The molecule has 1 unspecified atom stereocenters. The summed E-state index contributed by atoms with van der Waals surface area (Å²) in [5, 5.41) is 5.38. The lowest BCUT2D eigenvalue weighted by Gasteiger charge is -2.31. The van der Waals surface area contributed by atoms with Crippen molar-refractivity contribution < 1.29 is 18.9 Å². The van der Waals surface area contributed by atoms with Crippen molar-refractivity contribution >= 4 is 11.8 Å². The molecule has 2 heterocycles. The molecule has 0 radical (unpaired) electrons. The molecule has 138 valence electrons. The van der Waals surface area contributed by atoms with Crippen molar-refractivity contribution in [2.75, 3.05) is 13.1 Å². The summed E-state index contributed by atoms with van der Waals surface area (Å²) in [4.78, 5) is 25.2. The minimum Gasteiger partial charge on any atom is -0.463 e. The number of nitrogens with one attached hydrogen (secondary N) is 3. The number of quaternary nitrogens is 1. The quantitative estimate of drug-likeness (QED) is 0.687. The molecule has 2 amide bonds. The number of carbonyl (C=O) groups excluding carboxylic acids is 2. The Kier molecular flexibility index (Phi) is 5.73. The lowest BCUT2D eigenvalue weighted by atomic mass is 9.98. The summed E-state index contributed by atoms with van der Waals surface area (Å²) in [6.07, 6.45) is 2.64. The second-order valence-electron chi connectivity index (χ2n) is 7.01. The summed E-state index contributed by atoms with van der Waals surface area (Å²) in [7, 11) is 0. The van der Waals surface area contributed by atoms with E-state index in [4.69, 9.17) is 4.42 Å². The summed E-state index contributed by atoms with van der Waals surface area (Å²) in [5.41, 5.74) is 2.71. The molecule has 0 aliphatic carbocycles. The van der Waals surface area contributed by atoms with Gasteiger partial charge in [-0.15, -0.1) is 0 Å². The molecule has 1 aliphatic heterocycles. The number of amides is 2. The third-order valence-electron chi connectivity index (χ3n) is 4.72. The Morgan fingerprint density at radius 3 is 2.58 bits per heavy atom. The van der Waals surface area contributed by atoms with E-state index in [1.807, 2.05) is 26.0 Å². The van der Waals surface area contributed by atoms with E-state index in [9.17, 15) is 9.59 Å². The largest absolute Gasteiger partial charge is 0.463 e. The fraction of sp³-hybridized carbons (Fsp3) is 0.400. The molecular formula is C20H26N3O3+. The van der Waals surface area contributed by atoms with Crippen LogP contribution in [0.25, 0.3) is 0 Å². The standard InChI is InChI=1S/C20H25N3O3/c1-14(2)22-20(25)19(24)21-12-17(18-8-5-11-26-18)23-10-9-15-6-3-4-7-16(15)13-23/h3-8,11,14,17H,9-10,12-13H2,1-2H3,(H,21,24)(H,22,25)/p+1/t17-/m0/s1. The fourth-order valence-electron chi connectivity index (χ4n) is 3.44. The normalized spacial score (nSPS) is 17.4. The first-order valence-corrected chi connectivity index (χ1v) is 9.08. The monoisotopic (exact) mass is 356 g/mol. The molecule has 6 heteroatoms. The summed E-state index contributed by atoms with van der Waals surface area (Å²) >= 11 is 0. The van der Waals surface area contributed by atoms with Gasteiger partial charge in [0.1, 0.15) is 6.54 Å². The van der Waals surface area contributed by atoms with Crippen LogP contribution in [0.5, 0.6) is 0 Å². The highest BCUT2D eigenvalue weighted by Crippen LogP contribution is 2.15. The van der Waals surface area contributed by atoms with E-state index >= 15 is 0 Å². The predicted molar refractivity (Wildman–Crippen MR) is 97.4 cm³/mol. The van der Waals surface area contributed by atoms with Gasteiger partial charge in [0.25, 0.3) is 0 Å². The molecule has 0 fully saturated rings. The molecule has 3 rings (SSSR count). The molecule has 1 aliphatic rings. The molecular weight excluding hydrogens is 330 g/mol. The van der Waals surface area contributed by atoms with E-state index in [0.29, 0.717) is 6.54 Å². The molecule has 0 bridgehead atoms. The second-order valence-corrected chi connectivity index (χ2v) is 7.01. The number of hydrogen-bond acceptors (Lipinski definition) is 3. The van der Waals surface area contributed by atoms with Crippen molar-refractivity contribution in [1.82, 2.24) is 10.6 Å². The summed E-state index contributed by atoms with van der Waals surface area (Å²) in [5.74, 6) is -0.381. The molecule has 0 saturated carbocycles. The third-order valence-corrected chi connectivity index (χ3v) is 4.72. The Hall–Kier alpha value is -2.60. The Labute approximate surface area is 153 Å². The molecule has 2 atom stereocenters. The maximum Gasteiger partial charge on any atom is 0.309 e. The Balaban J connectivity index is 1.69. The zero-order valence-corrected chi connectivity index (χ0v) is 15.2. The van der Waals surface area contributed by atoms with Crippen LogP contribution in [0.3, 0.4) is 0 Å². The Morgan fingerprint density at radius 1 is 1.12 bits per heavy atom. The number of rotatable bonds is 5. The van der Waals surface area contributed by atoms with Crippen LogP contribution >= 0.6 is 0 Å². The van der Waals surface area contributed by atoms with Gasteiger partial charge in [0.15, 0.2) is 11.8 Å². The van der Waals surface area contributed by atoms with E-state index in [0.717, 1.165) is 25.3 Å². The molecule has 0 spiro atoms. The molecule has 6 nitrogen and oxygen atoms in total. The Bertz CT molecular complexity index is 755. The van der Waals surface area contributed by atoms with Crippen LogP contribution in [-0.2, 0) is 22.6 Å². The van der Waals surface area contributed by atoms with Crippen molar-refractivity contribution in [1.29, 1.82) is 0 Å². The van der Waals surface area contributed by atoms with Crippen molar-refractivity contribution in [3.05, 3.63) is 59.5 Å². The van der Waals surface area contributed by atoms with Crippen LogP contribution in [0.15, 0.2) is 47.1 Å². The summed E-state index contributed by atoms with van der Waals surface area (Å²) < 4.78 is 5.62. The first kappa shape index (κ1) is 18.2. The van der Waals surface area contributed by atoms with Crippen LogP contribution in [0, 0.1) is 0 Å². The maximum atomic E-state index is 12.1. The molecule has 26 heavy (non-hydrogen) atoms. The van der Waals surface area contributed by atoms with Gasteiger partial charge in [-0.2, -0.15) is 0 Å². The summed E-state index contributed by atoms with van der Waals surface area (Å²) in [6, 6.07) is 12.1. The molecule has 0 saturated heterocycles. The molecule has 1 aromatic carbocycles. The van der Waals surface area contributed by atoms with Crippen molar-refractivity contribution in [2.45, 2.75) is 38.9 Å². The first-order valence-electron chi connectivity index (χ1n) is 9.08. The number of hydrogen-bond donors (Lipinski definition) is 3. The Morgan fingerprint density at radius 2 is 1.88 bits per heavy atom. The smallest absolute Gasteiger partial charge is 0.309 e. The van der Waals surface area contributed by atoms with Gasteiger partial charge in [-0.3, -0.25) is 9.59 Å². The fourth-order valence-corrected chi connectivity index (χ4v) is 3.44. The lowest BCUT2D eigenvalue weighted by molar-refractivity contribution is -0.946. The van der Waals surface area contributed by atoms with Gasteiger partial charge in [0, 0.05) is 18.0 Å². The minimum atomic E-state index is -0.605.